The Morgan fingerprint density at radius 3 is 0.902 bits per heavy atom. The predicted molar refractivity (Wildman–Crippen MR) is 217 cm³/mol. The largest absolute Gasteiger partial charge is 0.0989 e. The lowest BCUT2D eigenvalue weighted by Crippen LogP contribution is -2.55. The van der Waals surface area contributed by atoms with Crippen LogP contribution >= 0.6 is 15.8 Å². The summed E-state index contributed by atoms with van der Waals surface area (Å²) in [6.07, 6.45) is 38.9. The van der Waals surface area contributed by atoms with Crippen molar-refractivity contribution in [1.29, 1.82) is 0 Å². The third-order valence-corrected chi connectivity index (χ3v) is 30.4. The molecule has 0 heterocycles. The van der Waals surface area contributed by atoms with Gasteiger partial charge in [0.15, 0.2) is 0 Å². The first-order valence-corrected chi connectivity index (χ1v) is 27.7. The Balaban J connectivity index is 0.897. The first kappa shape index (κ1) is 32.9. The van der Waals surface area contributed by atoms with Gasteiger partial charge in [0.2, 0.25) is 0 Å². The van der Waals surface area contributed by atoms with Gasteiger partial charge in [-0.2, -0.15) is 0 Å². The summed E-state index contributed by atoms with van der Waals surface area (Å²) in [7, 11) is 0.341. The summed E-state index contributed by atoms with van der Waals surface area (Å²) >= 11 is 0. The zero-order valence-electron chi connectivity index (χ0n) is 33.0. The first-order chi connectivity index (χ1) is 24.9. The van der Waals surface area contributed by atoms with Crippen molar-refractivity contribution in [3.05, 3.63) is 0 Å². The van der Waals surface area contributed by atoms with Crippen molar-refractivity contribution < 1.29 is 0 Å². The lowest BCUT2D eigenvalue weighted by Gasteiger charge is -2.65. The molecule has 2 heteroatoms. The second-order valence-electron chi connectivity index (χ2n) is 24.6. The van der Waals surface area contributed by atoms with Gasteiger partial charge in [-0.25, -0.2) is 0 Å². The molecule has 51 heavy (non-hydrogen) atoms. The van der Waals surface area contributed by atoms with Crippen LogP contribution in [0.1, 0.15) is 155 Å². The molecule has 0 amide bonds. The summed E-state index contributed by atoms with van der Waals surface area (Å²) in [6.45, 7) is 5.56. The lowest BCUT2D eigenvalue weighted by molar-refractivity contribution is 0.0112. The van der Waals surface area contributed by atoms with E-state index in [1.54, 1.807) is 141 Å². The Bertz CT molecular complexity index is 1150. The molecule has 0 radical (unpaired) electrons. The van der Waals surface area contributed by atoms with Crippen LogP contribution < -0.4 is 0 Å². The molecule has 0 nitrogen and oxygen atoms in total. The van der Waals surface area contributed by atoms with Crippen molar-refractivity contribution in [2.45, 2.75) is 183 Å². The molecule has 17 aliphatic carbocycles. The average molecular weight is 727 g/mol. The van der Waals surface area contributed by atoms with Crippen molar-refractivity contribution in [3.8, 4) is 0 Å². The van der Waals surface area contributed by atoms with Crippen LogP contribution in [0, 0.1) is 112 Å². The highest BCUT2D eigenvalue weighted by Crippen LogP contribution is 2.77. The summed E-state index contributed by atoms with van der Waals surface area (Å²) < 4.78 is 0. The smallest absolute Gasteiger partial charge is 0.0147 e. The van der Waals surface area contributed by atoms with Gasteiger partial charge >= 0.3 is 0 Å². The highest BCUT2D eigenvalue weighted by molar-refractivity contribution is 7.61. The van der Waals surface area contributed by atoms with Crippen molar-refractivity contribution in [2.24, 2.45) is 112 Å². The summed E-state index contributed by atoms with van der Waals surface area (Å²) in [4.78, 5) is 0. The van der Waals surface area contributed by atoms with E-state index in [0.29, 0.717) is 0 Å². The van der Waals surface area contributed by atoms with Gasteiger partial charge in [0.1, 0.15) is 0 Å². The maximum atomic E-state index is 2.79. The van der Waals surface area contributed by atoms with Gasteiger partial charge in [0.25, 0.3) is 0 Å². The van der Waals surface area contributed by atoms with Crippen molar-refractivity contribution in [3.63, 3.8) is 0 Å². The molecular formula is C49H76P2. The molecule has 17 rings (SSSR count). The van der Waals surface area contributed by atoms with E-state index < -0.39 is 0 Å². The molecule has 0 N–H and O–H groups in total. The van der Waals surface area contributed by atoms with Gasteiger partial charge in [0.05, 0.1) is 0 Å². The van der Waals surface area contributed by atoms with Crippen LogP contribution in [-0.2, 0) is 0 Å². The summed E-state index contributed by atoms with van der Waals surface area (Å²) in [5, 5.41) is 0. The van der Waals surface area contributed by atoms with E-state index in [1.165, 1.54) is 75.6 Å². The fourth-order valence-corrected chi connectivity index (χ4v) is 31.9. The SMILES string of the molecule is CC1CC(CP(C2C3CC4CC(C3)CC2C4)C2C3CC4CC(C3)CC2C4)C(P(C2C3CC4CC(C3)CC2C4)C2C3CC4CC(C3)CC2C4)CC1C. The molecule has 17 aliphatic rings. The zero-order chi connectivity index (χ0) is 33.3. The summed E-state index contributed by atoms with van der Waals surface area (Å²) in [5.74, 6) is 21.8. The maximum Gasteiger partial charge on any atom is -0.0147 e. The van der Waals surface area contributed by atoms with Crippen LogP contribution in [0.4, 0.5) is 0 Å². The standard InChI is InChI=1S/C49H76P2/c1-26-3-44(25-50(46-36-9-28-5-29(11-36)12-37(46)10-28)47-38-13-30-6-31(15-38)16-39(47)14-30)45(4-27(26)2)51(48-40-17-32-7-33(19-40)20-41(48)18-32)49-42-21-34-8-35(23-42)24-43(49)22-34/h26-49H,3-25H2,1-2H3. The normalized spacial score (nSPS) is 63.6. The van der Waals surface area contributed by atoms with Crippen molar-refractivity contribution in [1.82, 2.24) is 0 Å². The van der Waals surface area contributed by atoms with Gasteiger partial charge in [-0.1, -0.05) is 29.7 Å². The Hall–Kier alpha value is 0.860. The van der Waals surface area contributed by atoms with E-state index in [9.17, 15) is 0 Å². The summed E-state index contributed by atoms with van der Waals surface area (Å²) in [6, 6.07) is 0. The van der Waals surface area contributed by atoms with E-state index in [-0.39, 0.29) is 15.8 Å². The quantitative estimate of drug-likeness (QED) is 0.229. The molecular weight excluding hydrogens is 650 g/mol. The molecule has 16 bridgehead atoms. The van der Waals surface area contributed by atoms with Gasteiger partial charge in [-0.15, -0.1) is 0 Å². The van der Waals surface area contributed by atoms with Crippen LogP contribution in [0.3, 0.4) is 0 Å². The molecule has 0 saturated heterocycles. The van der Waals surface area contributed by atoms with Crippen LogP contribution in [0.25, 0.3) is 0 Å². The Morgan fingerprint density at radius 1 is 0.314 bits per heavy atom. The third kappa shape index (κ3) is 5.20. The van der Waals surface area contributed by atoms with Crippen LogP contribution in [-0.4, -0.2) is 34.5 Å². The minimum absolute atomic E-state index is 0.157. The maximum absolute atomic E-state index is 2.79. The van der Waals surface area contributed by atoms with Gasteiger partial charge in [0, 0.05) is 0 Å². The molecule has 4 atom stereocenters. The van der Waals surface area contributed by atoms with Crippen LogP contribution in [0.15, 0.2) is 0 Å². The predicted octanol–water partition coefficient (Wildman–Crippen LogP) is 13.3. The van der Waals surface area contributed by atoms with Crippen LogP contribution in [0.2, 0.25) is 0 Å². The van der Waals surface area contributed by atoms with Crippen molar-refractivity contribution >= 4 is 15.8 Å². The molecule has 282 valence electrons. The minimum Gasteiger partial charge on any atom is -0.0989 e. The van der Waals surface area contributed by atoms with E-state index in [2.05, 4.69) is 13.8 Å². The third-order valence-electron chi connectivity index (χ3n) is 21.8. The molecule has 0 spiro atoms. The van der Waals surface area contributed by atoms with E-state index in [4.69, 9.17) is 0 Å². The van der Waals surface area contributed by atoms with Gasteiger partial charge in [-0.3, -0.25) is 0 Å². The summed E-state index contributed by atoms with van der Waals surface area (Å²) in [5.41, 5.74) is 6.06. The molecule has 0 aromatic rings. The number of rotatable bonds is 7. The van der Waals surface area contributed by atoms with E-state index in [1.807, 2.05) is 6.16 Å². The Morgan fingerprint density at radius 2 is 0.588 bits per heavy atom. The van der Waals surface area contributed by atoms with Gasteiger partial charge in [-0.05, 0) is 288 Å². The Labute approximate surface area is 316 Å². The zero-order valence-corrected chi connectivity index (χ0v) is 34.8. The molecule has 0 aliphatic heterocycles. The second kappa shape index (κ2) is 12.2. The van der Waals surface area contributed by atoms with E-state index >= 15 is 0 Å². The molecule has 4 unspecified atom stereocenters. The molecule has 17 fully saturated rings. The van der Waals surface area contributed by atoms with Crippen molar-refractivity contribution in [2.75, 3.05) is 6.16 Å². The Kier molecular flexibility index (Phi) is 7.86. The highest BCUT2D eigenvalue weighted by atomic mass is 31.1. The highest BCUT2D eigenvalue weighted by Gasteiger charge is 2.61. The molecule has 0 aromatic carbocycles. The van der Waals surface area contributed by atoms with E-state index in [0.717, 1.165) is 65.1 Å². The monoisotopic (exact) mass is 727 g/mol. The second-order valence-corrected chi connectivity index (χ2v) is 29.9. The number of hydrogen-bond donors (Lipinski definition) is 0. The first-order valence-electron chi connectivity index (χ1n) is 24.5. The fourth-order valence-electron chi connectivity index (χ4n) is 21.2. The fraction of sp³-hybridized carbons (Fsp3) is 1.00. The van der Waals surface area contributed by atoms with Crippen LogP contribution in [0.5, 0.6) is 0 Å². The minimum atomic E-state index is 0.157. The molecule has 0 aromatic heterocycles. The van der Waals surface area contributed by atoms with Gasteiger partial charge < -0.3 is 0 Å². The number of hydrogen-bond acceptors (Lipinski definition) is 0. The lowest BCUT2D eigenvalue weighted by atomic mass is 9.55. The topological polar surface area (TPSA) is 0 Å². The average Bonchev–Trinajstić information content (AvgIpc) is 3.07. The molecule has 17 saturated carbocycles.